The maximum Gasteiger partial charge on any atom is 0.259 e. The molecule has 1 atom stereocenters. The summed E-state index contributed by atoms with van der Waals surface area (Å²) in [5, 5.41) is 5.04. The first-order valence-electron chi connectivity index (χ1n) is 10.9. The van der Waals surface area contributed by atoms with Crippen molar-refractivity contribution in [2.75, 3.05) is 5.32 Å². The Morgan fingerprint density at radius 3 is 2.31 bits per heavy atom. The van der Waals surface area contributed by atoms with Gasteiger partial charge in [0.1, 0.15) is 11.9 Å². The van der Waals surface area contributed by atoms with Crippen molar-refractivity contribution in [3.63, 3.8) is 0 Å². The number of amides is 2. The molecule has 10 heteroatoms. The molecule has 0 saturated heterocycles. The van der Waals surface area contributed by atoms with Crippen molar-refractivity contribution < 1.29 is 22.4 Å². The van der Waals surface area contributed by atoms with Gasteiger partial charge in [0.2, 0.25) is 5.91 Å². The SMILES string of the molecule is C#CC(C)(C)NS(=O)(=O)c1ccc(NC(=O)[C@H](Cc2ccccc2)NC(=O)c2ccc(F)cc2)cn1. The van der Waals surface area contributed by atoms with E-state index in [2.05, 4.69) is 26.3 Å². The van der Waals surface area contributed by atoms with E-state index >= 15 is 0 Å². The van der Waals surface area contributed by atoms with E-state index in [0.29, 0.717) is 0 Å². The maximum absolute atomic E-state index is 13.2. The van der Waals surface area contributed by atoms with Gasteiger partial charge in [-0.15, -0.1) is 6.42 Å². The van der Waals surface area contributed by atoms with Crippen LogP contribution in [0.2, 0.25) is 0 Å². The first kappa shape index (κ1) is 26.5. The summed E-state index contributed by atoms with van der Waals surface area (Å²) in [5.74, 6) is 0.762. The van der Waals surface area contributed by atoms with Crippen molar-refractivity contribution in [2.45, 2.75) is 36.9 Å². The lowest BCUT2D eigenvalue weighted by atomic mass is 10.0. The summed E-state index contributed by atoms with van der Waals surface area (Å²) in [6, 6.07) is 15.7. The molecule has 0 unspecified atom stereocenters. The van der Waals surface area contributed by atoms with Gasteiger partial charge in [0.15, 0.2) is 5.03 Å². The van der Waals surface area contributed by atoms with Gasteiger partial charge in [0.05, 0.1) is 17.4 Å². The van der Waals surface area contributed by atoms with Crippen LogP contribution < -0.4 is 15.4 Å². The second-order valence-corrected chi connectivity index (χ2v) is 10.1. The summed E-state index contributed by atoms with van der Waals surface area (Å²) in [6.45, 7) is 3.07. The molecular weight excluding hydrogens is 483 g/mol. The fraction of sp³-hybridized carbons (Fsp3) is 0.192. The van der Waals surface area contributed by atoms with E-state index in [9.17, 15) is 22.4 Å². The second kappa shape index (κ2) is 11.1. The van der Waals surface area contributed by atoms with Gasteiger partial charge in [-0.1, -0.05) is 36.3 Å². The molecule has 0 aliphatic heterocycles. The van der Waals surface area contributed by atoms with Gasteiger partial charge in [-0.05, 0) is 55.8 Å². The minimum Gasteiger partial charge on any atom is -0.340 e. The predicted molar refractivity (Wildman–Crippen MR) is 134 cm³/mol. The number of nitrogens with one attached hydrogen (secondary N) is 3. The van der Waals surface area contributed by atoms with Gasteiger partial charge >= 0.3 is 0 Å². The minimum absolute atomic E-state index is 0.185. The molecular formula is C26H25FN4O4S. The lowest BCUT2D eigenvalue weighted by molar-refractivity contribution is -0.118. The molecule has 1 aromatic heterocycles. The predicted octanol–water partition coefficient (Wildman–Crippen LogP) is 2.89. The number of benzene rings is 2. The fourth-order valence-corrected chi connectivity index (χ4v) is 4.44. The van der Waals surface area contributed by atoms with Gasteiger partial charge in [-0.2, -0.15) is 4.72 Å². The van der Waals surface area contributed by atoms with Crippen LogP contribution in [0.15, 0.2) is 78.0 Å². The van der Waals surface area contributed by atoms with Gasteiger partial charge in [0.25, 0.3) is 15.9 Å². The normalized spacial score (nSPS) is 12.3. The number of hydrogen-bond acceptors (Lipinski definition) is 5. The molecule has 0 spiro atoms. The van der Waals surface area contributed by atoms with Crippen molar-refractivity contribution in [3.8, 4) is 12.3 Å². The molecule has 2 amide bonds. The summed E-state index contributed by atoms with van der Waals surface area (Å²) in [5.41, 5.74) is 0.116. The third-order valence-corrected chi connectivity index (χ3v) is 6.61. The Hall–Kier alpha value is -4.07. The number of pyridine rings is 1. The Kier molecular flexibility index (Phi) is 8.19. The molecule has 0 saturated carbocycles. The molecule has 3 rings (SSSR count). The summed E-state index contributed by atoms with van der Waals surface area (Å²) in [6.07, 6.45) is 6.72. The maximum atomic E-state index is 13.2. The Morgan fingerprint density at radius 2 is 1.72 bits per heavy atom. The van der Waals surface area contributed by atoms with Gasteiger partial charge in [0, 0.05) is 12.0 Å². The van der Waals surface area contributed by atoms with E-state index in [-0.39, 0.29) is 22.7 Å². The summed E-state index contributed by atoms with van der Waals surface area (Å²) in [4.78, 5) is 29.7. The van der Waals surface area contributed by atoms with Crippen LogP contribution >= 0.6 is 0 Å². The van der Waals surface area contributed by atoms with E-state index in [1.165, 1.54) is 44.3 Å². The average Bonchev–Trinajstić information content (AvgIpc) is 2.84. The van der Waals surface area contributed by atoms with E-state index in [1.807, 2.05) is 30.3 Å². The van der Waals surface area contributed by atoms with Crippen molar-refractivity contribution in [1.82, 2.24) is 15.0 Å². The molecule has 0 bridgehead atoms. The monoisotopic (exact) mass is 508 g/mol. The highest BCUT2D eigenvalue weighted by Crippen LogP contribution is 2.15. The first-order chi connectivity index (χ1) is 17.0. The van der Waals surface area contributed by atoms with E-state index in [0.717, 1.165) is 17.7 Å². The van der Waals surface area contributed by atoms with E-state index in [4.69, 9.17) is 6.42 Å². The zero-order chi connectivity index (χ0) is 26.3. The van der Waals surface area contributed by atoms with Crippen LogP contribution in [-0.2, 0) is 21.2 Å². The van der Waals surface area contributed by atoms with Crippen LogP contribution in [0.5, 0.6) is 0 Å². The third kappa shape index (κ3) is 7.21. The number of rotatable bonds is 9. The van der Waals surface area contributed by atoms with Gasteiger partial charge in [-0.25, -0.2) is 17.8 Å². The van der Waals surface area contributed by atoms with Crippen molar-refractivity contribution in [3.05, 3.63) is 89.9 Å². The Morgan fingerprint density at radius 1 is 1.06 bits per heavy atom. The summed E-state index contributed by atoms with van der Waals surface area (Å²) < 4.78 is 40.6. The second-order valence-electron chi connectivity index (χ2n) is 8.47. The highest BCUT2D eigenvalue weighted by Gasteiger charge is 2.26. The smallest absolute Gasteiger partial charge is 0.259 e. The zero-order valence-electron chi connectivity index (χ0n) is 19.7. The third-order valence-electron chi connectivity index (χ3n) is 5.04. The van der Waals surface area contributed by atoms with Crippen LogP contribution in [0.4, 0.5) is 10.1 Å². The molecule has 3 aromatic rings. The van der Waals surface area contributed by atoms with Gasteiger partial charge < -0.3 is 10.6 Å². The van der Waals surface area contributed by atoms with Crippen molar-refractivity contribution >= 4 is 27.5 Å². The number of aromatic nitrogens is 1. The number of terminal acetylenes is 1. The largest absolute Gasteiger partial charge is 0.340 e. The Balaban J connectivity index is 1.77. The van der Waals surface area contributed by atoms with E-state index < -0.39 is 39.2 Å². The topological polar surface area (TPSA) is 117 Å². The summed E-state index contributed by atoms with van der Waals surface area (Å²) in [7, 11) is -3.98. The molecule has 3 N–H and O–H groups in total. The molecule has 2 aromatic carbocycles. The molecule has 186 valence electrons. The highest BCUT2D eigenvalue weighted by molar-refractivity contribution is 7.89. The first-order valence-corrected chi connectivity index (χ1v) is 12.4. The van der Waals surface area contributed by atoms with Crippen molar-refractivity contribution in [1.29, 1.82) is 0 Å². The molecule has 1 heterocycles. The highest BCUT2D eigenvalue weighted by atomic mass is 32.2. The Bertz CT molecular complexity index is 1370. The number of nitrogens with zero attached hydrogens (tertiary/aromatic N) is 1. The molecule has 0 fully saturated rings. The zero-order valence-corrected chi connectivity index (χ0v) is 20.5. The molecule has 0 aliphatic rings. The number of anilines is 1. The number of carbonyl (C=O) groups is 2. The van der Waals surface area contributed by atoms with Crippen LogP contribution in [0, 0.1) is 18.2 Å². The number of hydrogen-bond donors (Lipinski definition) is 3. The lowest BCUT2D eigenvalue weighted by Crippen LogP contribution is -2.45. The van der Waals surface area contributed by atoms with Crippen LogP contribution in [0.1, 0.15) is 29.8 Å². The van der Waals surface area contributed by atoms with E-state index in [1.54, 1.807) is 0 Å². The number of halogens is 1. The van der Waals surface area contributed by atoms with Gasteiger partial charge in [-0.3, -0.25) is 9.59 Å². The molecule has 36 heavy (non-hydrogen) atoms. The fourth-order valence-electron chi connectivity index (χ4n) is 3.16. The molecule has 0 radical (unpaired) electrons. The van der Waals surface area contributed by atoms with Crippen LogP contribution in [0.25, 0.3) is 0 Å². The molecule has 0 aliphatic carbocycles. The lowest BCUT2D eigenvalue weighted by Gasteiger charge is -2.20. The average molecular weight is 509 g/mol. The number of sulfonamides is 1. The standard InChI is InChI=1S/C26H25FN4O4S/c1-4-26(2,3)31-36(34,35)23-15-14-21(17-28-23)29-25(33)22(16-18-8-6-5-7-9-18)30-24(32)19-10-12-20(27)13-11-19/h1,5-15,17,22,31H,16H2,2-3H3,(H,29,33)(H,30,32)/t22-/m0/s1. The number of carbonyl (C=O) groups excluding carboxylic acids is 2. The van der Waals surface area contributed by atoms with Crippen LogP contribution in [0.3, 0.4) is 0 Å². The minimum atomic E-state index is -3.98. The van der Waals surface area contributed by atoms with Crippen LogP contribution in [-0.4, -0.2) is 36.8 Å². The quantitative estimate of drug-likeness (QED) is 0.384. The molecule has 8 nitrogen and oxygen atoms in total. The Labute approximate surface area is 209 Å². The van der Waals surface area contributed by atoms with Crippen molar-refractivity contribution in [2.24, 2.45) is 0 Å². The summed E-state index contributed by atoms with van der Waals surface area (Å²) >= 11 is 0.